The summed E-state index contributed by atoms with van der Waals surface area (Å²) in [4.78, 5) is 24.5. The predicted molar refractivity (Wildman–Crippen MR) is 87.9 cm³/mol. The zero-order valence-corrected chi connectivity index (χ0v) is 13.2. The van der Waals surface area contributed by atoms with Gasteiger partial charge in [0.2, 0.25) is 0 Å². The standard InChI is InChI=1S/C18H22N4O/c23-18(17-2-1-7-20-17)22-12-15-3-4-16(22)13-21(11-15)10-14-5-8-19-9-6-14/h1-2,5-9,15-16,20H,3-4,10-13H2/t15-,16+/m1/s1. The normalized spacial score (nSPS) is 24.6. The summed E-state index contributed by atoms with van der Waals surface area (Å²) < 4.78 is 0. The maximum atomic E-state index is 12.7. The van der Waals surface area contributed by atoms with Crippen LogP contribution in [0.25, 0.3) is 0 Å². The van der Waals surface area contributed by atoms with Gasteiger partial charge in [-0.3, -0.25) is 14.7 Å². The third kappa shape index (κ3) is 3.01. The Labute approximate surface area is 136 Å². The Morgan fingerprint density at radius 1 is 1.17 bits per heavy atom. The van der Waals surface area contributed by atoms with Crippen molar-refractivity contribution in [3.63, 3.8) is 0 Å². The van der Waals surface area contributed by atoms with Crippen LogP contribution in [0.5, 0.6) is 0 Å². The van der Waals surface area contributed by atoms with Gasteiger partial charge in [-0.25, -0.2) is 0 Å². The van der Waals surface area contributed by atoms with Crippen molar-refractivity contribution in [1.29, 1.82) is 0 Å². The maximum absolute atomic E-state index is 12.7. The van der Waals surface area contributed by atoms with Gasteiger partial charge in [-0.2, -0.15) is 0 Å². The smallest absolute Gasteiger partial charge is 0.270 e. The van der Waals surface area contributed by atoms with Crippen molar-refractivity contribution >= 4 is 5.91 Å². The van der Waals surface area contributed by atoms with E-state index in [1.54, 1.807) is 0 Å². The Bertz CT molecular complexity index is 655. The number of H-pyrrole nitrogens is 1. The first-order chi connectivity index (χ1) is 11.3. The molecule has 0 saturated carbocycles. The third-order valence-electron chi connectivity index (χ3n) is 5.03. The van der Waals surface area contributed by atoms with Crippen molar-refractivity contribution in [2.24, 2.45) is 5.92 Å². The fraction of sp³-hybridized carbons (Fsp3) is 0.444. The van der Waals surface area contributed by atoms with E-state index < -0.39 is 0 Å². The Hall–Kier alpha value is -2.14. The molecule has 2 aromatic rings. The van der Waals surface area contributed by atoms with E-state index in [9.17, 15) is 4.79 Å². The van der Waals surface area contributed by atoms with Gasteiger partial charge < -0.3 is 9.88 Å². The van der Waals surface area contributed by atoms with E-state index in [-0.39, 0.29) is 5.91 Å². The number of hydrogen-bond donors (Lipinski definition) is 1. The minimum absolute atomic E-state index is 0.149. The monoisotopic (exact) mass is 310 g/mol. The van der Waals surface area contributed by atoms with Gasteiger partial charge in [0.1, 0.15) is 5.69 Å². The Morgan fingerprint density at radius 3 is 2.83 bits per heavy atom. The van der Waals surface area contributed by atoms with Crippen molar-refractivity contribution in [1.82, 2.24) is 19.8 Å². The molecule has 2 atom stereocenters. The molecule has 1 N–H and O–H groups in total. The average Bonchev–Trinajstić information content (AvgIpc) is 2.98. The SMILES string of the molecule is O=C(c1ccc[nH]1)N1C[C@@H]2CC[C@H]1CN(Cc1ccncc1)C2. The number of carbonyl (C=O) groups is 1. The molecule has 1 amide bonds. The number of aromatic amines is 1. The molecule has 0 spiro atoms. The molecule has 120 valence electrons. The molecule has 5 heterocycles. The van der Waals surface area contributed by atoms with E-state index in [0.717, 1.165) is 32.6 Å². The van der Waals surface area contributed by atoms with Gasteiger partial charge in [0.25, 0.3) is 5.91 Å². The Kier molecular flexibility index (Phi) is 3.87. The summed E-state index contributed by atoms with van der Waals surface area (Å²) in [5.74, 6) is 0.727. The van der Waals surface area contributed by atoms with Crippen LogP contribution in [0.3, 0.4) is 0 Å². The Balaban J connectivity index is 1.49. The molecule has 3 saturated heterocycles. The Morgan fingerprint density at radius 2 is 2.04 bits per heavy atom. The number of amides is 1. The second-order valence-corrected chi connectivity index (χ2v) is 6.69. The van der Waals surface area contributed by atoms with Gasteiger partial charge in [-0.15, -0.1) is 0 Å². The van der Waals surface area contributed by atoms with Crippen LogP contribution in [0.4, 0.5) is 0 Å². The lowest BCUT2D eigenvalue weighted by molar-refractivity contribution is 0.0579. The zero-order chi connectivity index (χ0) is 15.6. The van der Waals surface area contributed by atoms with Crippen molar-refractivity contribution in [3.05, 3.63) is 54.1 Å². The van der Waals surface area contributed by atoms with Crippen molar-refractivity contribution in [3.8, 4) is 0 Å². The summed E-state index contributed by atoms with van der Waals surface area (Å²) in [6.45, 7) is 3.87. The molecule has 0 radical (unpaired) electrons. The molecule has 0 unspecified atom stereocenters. The van der Waals surface area contributed by atoms with E-state index in [4.69, 9.17) is 0 Å². The summed E-state index contributed by atoms with van der Waals surface area (Å²) in [5.41, 5.74) is 2.00. The fourth-order valence-electron chi connectivity index (χ4n) is 3.92. The zero-order valence-electron chi connectivity index (χ0n) is 13.2. The lowest BCUT2D eigenvalue weighted by Crippen LogP contribution is -2.47. The van der Waals surface area contributed by atoms with Crippen LogP contribution in [0.1, 0.15) is 28.9 Å². The largest absolute Gasteiger partial charge is 0.357 e. The topological polar surface area (TPSA) is 52.2 Å². The minimum atomic E-state index is 0.149. The molecule has 0 aromatic carbocycles. The highest BCUT2D eigenvalue weighted by Gasteiger charge is 2.37. The van der Waals surface area contributed by atoms with E-state index in [1.165, 1.54) is 12.0 Å². The number of rotatable bonds is 3. The molecule has 5 heteroatoms. The fourth-order valence-corrected chi connectivity index (χ4v) is 3.92. The number of carbonyl (C=O) groups excluding carboxylic acids is 1. The summed E-state index contributed by atoms with van der Waals surface area (Å²) in [5, 5.41) is 0. The summed E-state index contributed by atoms with van der Waals surface area (Å²) in [7, 11) is 0. The first-order valence-electron chi connectivity index (χ1n) is 8.35. The van der Waals surface area contributed by atoms with Gasteiger partial charge in [0.05, 0.1) is 0 Å². The molecule has 5 nitrogen and oxygen atoms in total. The number of hydrogen-bond acceptors (Lipinski definition) is 3. The highest BCUT2D eigenvalue weighted by atomic mass is 16.2. The molecule has 2 aromatic heterocycles. The molecule has 3 fully saturated rings. The number of fused-ring (bicyclic) bond motifs is 4. The molecule has 5 rings (SSSR count). The van der Waals surface area contributed by atoms with E-state index in [2.05, 4.69) is 31.9 Å². The van der Waals surface area contributed by atoms with Crippen LogP contribution < -0.4 is 0 Å². The lowest BCUT2D eigenvalue weighted by Gasteiger charge is -2.36. The van der Waals surface area contributed by atoms with Crippen LogP contribution >= 0.6 is 0 Å². The molecule has 2 bridgehead atoms. The van der Waals surface area contributed by atoms with E-state index >= 15 is 0 Å². The van der Waals surface area contributed by atoms with Crippen LogP contribution in [0.2, 0.25) is 0 Å². The van der Waals surface area contributed by atoms with E-state index in [1.807, 2.05) is 30.7 Å². The van der Waals surface area contributed by atoms with Gasteiger partial charge in [-0.1, -0.05) is 0 Å². The first kappa shape index (κ1) is 14.5. The molecule has 3 aliphatic rings. The van der Waals surface area contributed by atoms with Crippen LogP contribution in [0, 0.1) is 5.92 Å². The second kappa shape index (κ2) is 6.16. The first-order valence-corrected chi connectivity index (χ1v) is 8.35. The van der Waals surface area contributed by atoms with Crippen molar-refractivity contribution in [2.45, 2.75) is 25.4 Å². The second-order valence-electron chi connectivity index (χ2n) is 6.69. The number of aromatic nitrogens is 2. The highest BCUT2D eigenvalue weighted by molar-refractivity contribution is 5.92. The van der Waals surface area contributed by atoms with Gasteiger partial charge >= 0.3 is 0 Å². The van der Waals surface area contributed by atoms with Crippen molar-refractivity contribution < 1.29 is 4.79 Å². The number of piperidine rings is 1. The van der Waals surface area contributed by atoms with Crippen LogP contribution in [0.15, 0.2) is 42.9 Å². The van der Waals surface area contributed by atoms with Gasteiger partial charge in [-0.05, 0) is 48.6 Å². The maximum Gasteiger partial charge on any atom is 0.270 e. The third-order valence-corrected chi connectivity index (χ3v) is 5.03. The summed E-state index contributed by atoms with van der Waals surface area (Å²) in [6.07, 6.45) is 7.86. The van der Waals surface area contributed by atoms with E-state index in [0.29, 0.717) is 17.7 Å². The van der Waals surface area contributed by atoms with Crippen LogP contribution in [-0.4, -0.2) is 51.4 Å². The molecule has 3 aliphatic heterocycles. The van der Waals surface area contributed by atoms with Crippen LogP contribution in [-0.2, 0) is 6.54 Å². The number of nitrogens with zero attached hydrogens (tertiary/aromatic N) is 3. The van der Waals surface area contributed by atoms with Gasteiger partial charge in [0, 0.05) is 50.8 Å². The molecular weight excluding hydrogens is 288 g/mol. The molecular formula is C18H22N4O. The molecule has 23 heavy (non-hydrogen) atoms. The number of pyridine rings is 1. The highest BCUT2D eigenvalue weighted by Crippen LogP contribution is 2.29. The van der Waals surface area contributed by atoms with Gasteiger partial charge in [0.15, 0.2) is 0 Å². The summed E-state index contributed by atoms with van der Waals surface area (Å²) in [6, 6.07) is 8.24. The lowest BCUT2D eigenvalue weighted by atomic mass is 9.95. The number of nitrogens with one attached hydrogen (secondary N) is 1. The summed E-state index contributed by atoms with van der Waals surface area (Å²) >= 11 is 0. The quantitative estimate of drug-likeness (QED) is 0.945. The van der Waals surface area contributed by atoms with Crippen molar-refractivity contribution in [2.75, 3.05) is 19.6 Å². The predicted octanol–water partition coefficient (Wildman–Crippen LogP) is 2.15. The average molecular weight is 310 g/mol. The molecule has 0 aliphatic carbocycles. The minimum Gasteiger partial charge on any atom is -0.357 e.